The molecule has 1 atom stereocenters. The molecule has 2 aromatic carbocycles. The van der Waals surface area contributed by atoms with Crippen LogP contribution in [0, 0.1) is 0 Å². The second-order valence-corrected chi connectivity index (χ2v) is 5.98. The Morgan fingerprint density at radius 2 is 1.68 bits per heavy atom. The summed E-state index contributed by atoms with van der Waals surface area (Å²) in [5.41, 5.74) is 2.85. The molecule has 0 saturated heterocycles. The zero-order valence-corrected chi connectivity index (χ0v) is 14.7. The number of rotatable bonds is 7. The molecule has 0 bridgehead atoms. The Morgan fingerprint density at radius 1 is 1.08 bits per heavy atom. The van der Waals surface area contributed by atoms with Gasteiger partial charge < -0.3 is 15.4 Å². The topological polar surface area (TPSA) is 33.3 Å². The first kappa shape index (κ1) is 18.9. The third-order valence-electron chi connectivity index (χ3n) is 3.40. The van der Waals surface area contributed by atoms with Gasteiger partial charge in [-0.25, -0.2) is 0 Å². The van der Waals surface area contributed by atoms with Crippen LogP contribution in [0.3, 0.4) is 0 Å². The van der Waals surface area contributed by atoms with E-state index in [9.17, 15) is 8.78 Å². The van der Waals surface area contributed by atoms with Crippen LogP contribution in [0.5, 0.6) is 5.75 Å². The van der Waals surface area contributed by atoms with Crippen molar-refractivity contribution in [2.45, 2.75) is 19.6 Å². The summed E-state index contributed by atoms with van der Waals surface area (Å²) in [6, 6.07) is 16.0. The van der Waals surface area contributed by atoms with Crippen molar-refractivity contribution in [2.75, 3.05) is 6.54 Å². The molecule has 0 unspecified atom stereocenters. The zero-order valence-electron chi connectivity index (χ0n) is 13.8. The van der Waals surface area contributed by atoms with Gasteiger partial charge in [0.1, 0.15) is 5.75 Å². The summed E-state index contributed by atoms with van der Waals surface area (Å²) in [7, 11) is 0. The predicted molar refractivity (Wildman–Crippen MR) is 99.9 cm³/mol. The first-order valence-corrected chi connectivity index (χ1v) is 8.15. The summed E-state index contributed by atoms with van der Waals surface area (Å²) >= 11 is 5.34. The normalized spacial score (nSPS) is 11.7. The minimum Gasteiger partial charge on any atom is -0.435 e. The predicted octanol–water partition coefficient (Wildman–Crippen LogP) is 4.42. The molecule has 0 heterocycles. The second-order valence-electron chi connectivity index (χ2n) is 5.58. The lowest BCUT2D eigenvalue weighted by molar-refractivity contribution is -0.0498. The Labute approximate surface area is 151 Å². The van der Waals surface area contributed by atoms with Crippen molar-refractivity contribution >= 4 is 17.3 Å². The third-order valence-corrected chi connectivity index (χ3v) is 3.66. The van der Waals surface area contributed by atoms with E-state index in [1.807, 2.05) is 37.3 Å². The zero-order chi connectivity index (χ0) is 18.2. The van der Waals surface area contributed by atoms with Gasteiger partial charge in [-0.2, -0.15) is 8.78 Å². The lowest BCUT2D eigenvalue weighted by Gasteiger charge is -2.22. The molecule has 0 amide bonds. The highest BCUT2D eigenvalue weighted by atomic mass is 32.1. The van der Waals surface area contributed by atoms with Crippen molar-refractivity contribution < 1.29 is 13.5 Å². The highest BCUT2D eigenvalue weighted by Gasteiger charge is 2.15. The number of hydrogen-bond donors (Lipinski definition) is 2. The largest absolute Gasteiger partial charge is 0.435 e. The van der Waals surface area contributed by atoms with Gasteiger partial charge in [-0.3, -0.25) is 0 Å². The van der Waals surface area contributed by atoms with Gasteiger partial charge in [0.25, 0.3) is 0 Å². The lowest BCUT2D eigenvalue weighted by Crippen LogP contribution is -2.38. The van der Waals surface area contributed by atoms with E-state index < -0.39 is 6.61 Å². The molecule has 0 aliphatic carbocycles. The van der Waals surface area contributed by atoms with E-state index in [4.69, 9.17) is 12.2 Å². The Bertz CT molecular complexity index is 705. The van der Waals surface area contributed by atoms with Crippen molar-refractivity contribution in [1.82, 2.24) is 10.6 Å². The van der Waals surface area contributed by atoms with Crippen LogP contribution in [-0.4, -0.2) is 18.3 Å². The van der Waals surface area contributed by atoms with Gasteiger partial charge in [0.05, 0.1) is 6.04 Å². The fourth-order valence-electron chi connectivity index (χ4n) is 2.26. The average molecular weight is 362 g/mol. The summed E-state index contributed by atoms with van der Waals surface area (Å²) in [6.07, 6.45) is 0. The lowest BCUT2D eigenvalue weighted by atomic mass is 9.99. The number of alkyl halides is 2. The maximum absolute atomic E-state index is 12.3. The van der Waals surface area contributed by atoms with Gasteiger partial charge in [-0.1, -0.05) is 54.6 Å². The molecule has 2 rings (SSSR count). The Balaban J connectivity index is 2.20. The van der Waals surface area contributed by atoms with Gasteiger partial charge in [0.15, 0.2) is 5.11 Å². The molecule has 2 aromatic rings. The van der Waals surface area contributed by atoms with Gasteiger partial charge in [0.2, 0.25) is 0 Å². The molecule has 25 heavy (non-hydrogen) atoms. The summed E-state index contributed by atoms with van der Waals surface area (Å²) < 4.78 is 29.0. The number of thiocarbonyl (C=S) groups is 1. The van der Waals surface area contributed by atoms with Crippen LogP contribution < -0.4 is 15.4 Å². The summed E-state index contributed by atoms with van der Waals surface area (Å²) in [5.74, 6) is 0.119. The molecule has 0 spiro atoms. The number of benzene rings is 2. The molecule has 0 aliphatic heterocycles. The SMILES string of the molecule is C=C(C)CNC(=S)N[C@@H](c1ccccc1)c1ccc(OC(F)F)cc1. The van der Waals surface area contributed by atoms with Crippen LogP contribution in [0.4, 0.5) is 8.78 Å². The summed E-state index contributed by atoms with van der Waals surface area (Å²) in [6.45, 7) is 3.48. The average Bonchev–Trinajstić information content (AvgIpc) is 2.59. The van der Waals surface area contributed by atoms with Crippen molar-refractivity contribution in [3.63, 3.8) is 0 Å². The highest BCUT2D eigenvalue weighted by Crippen LogP contribution is 2.24. The van der Waals surface area contributed by atoms with Crippen LogP contribution in [-0.2, 0) is 0 Å². The molecule has 3 nitrogen and oxygen atoms in total. The number of ether oxygens (including phenoxy) is 1. The Morgan fingerprint density at radius 3 is 2.24 bits per heavy atom. The molecule has 132 valence electrons. The molecule has 0 aliphatic rings. The fourth-order valence-corrected chi connectivity index (χ4v) is 2.45. The smallest absolute Gasteiger partial charge is 0.387 e. The fraction of sp³-hybridized carbons (Fsp3) is 0.211. The van der Waals surface area contributed by atoms with E-state index in [0.717, 1.165) is 16.7 Å². The van der Waals surface area contributed by atoms with E-state index >= 15 is 0 Å². The van der Waals surface area contributed by atoms with Crippen LogP contribution in [0.15, 0.2) is 66.7 Å². The van der Waals surface area contributed by atoms with E-state index in [1.54, 1.807) is 12.1 Å². The first-order valence-electron chi connectivity index (χ1n) is 7.74. The second kappa shape index (κ2) is 9.13. The Hall–Kier alpha value is -2.47. The standard InChI is InChI=1S/C19H20F2N2OS/c1-13(2)12-22-19(25)23-17(14-6-4-3-5-7-14)15-8-10-16(11-9-15)24-18(20)21/h3-11,17-18H,1,12H2,2H3,(H2,22,23,25)/t17-/m0/s1. The first-order chi connectivity index (χ1) is 12.0. The van der Waals surface area contributed by atoms with Gasteiger partial charge in [-0.05, 0) is 42.4 Å². The van der Waals surface area contributed by atoms with Crippen molar-refractivity contribution in [1.29, 1.82) is 0 Å². The molecule has 6 heteroatoms. The monoisotopic (exact) mass is 362 g/mol. The van der Waals surface area contributed by atoms with E-state index in [0.29, 0.717) is 11.7 Å². The van der Waals surface area contributed by atoms with E-state index in [2.05, 4.69) is 21.9 Å². The quantitative estimate of drug-likeness (QED) is 0.564. The van der Waals surface area contributed by atoms with Crippen molar-refractivity contribution in [2.24, 2.45) is 0 Å². The molecular weight excluding hydrogens is 342 g/mol. The van der Waals surface area contributed by atoms with Crippen LogP contribution in [0.2, 0.25) is 0 Å². The van der Waals surface area contributed by atoms with Crippen molar-refractivity contribution in [3.05, 3.63) is 77.9 Å². The number of nitrogens with one attached hydrogen (secondary N) is 2. The van der Waals surface area contributed by atoms with Crippen LogP contribution in [0.25, 0.3) is 0 Å². The maximum Gasteiger partial charge on any atom is 0.387 e. The molecular formula is C19H20F2N2OS. The minimum absolute atomic E-state index is 0.119. The van der Waals surface area contributed by atoms with Gasteiger partial charge in [-0.15, -0.1) is 0 Å². The van der Waals surface area contributed by atoms with Crippen molar-refractivity contribution in [3.8, 4) is 5.75 Å². The van der Waals surface area contributed by atoms with Gasteiger partial charge >= 0.3 is 6.61 Å². The highest BCUT2D eigenvalue weighted by molar-refractivity contribution is 7.80. The minimum atomic E-state index is -2.84. The van der Waals surface area contributed by atoms with E-state index in [-0.39, 0.29) is 11.8 Å². The number of halogens is 2. The molecule has 0 saturated carbocycles. The Kier molecular flexibility index (Phi) is 6.89. The molecule has 2 N–H and O–H groups in total. The van der Waals surface area contributed by atoms with Crippen LogP contribution in [0.1, 0.15) is 24.1 Å². The summed E-state index contributed by atoms with van der Waals surface area (Å²) in [4.78, 5) is 0. The third kappa shape index (κ3) is 6.15. The van der Waals surface area contributed by atoms with E-state index in [1.165, 1.54) is 12.1 Å². The van der Waals surface area contributed by atoms with Gasteiger partial charge in [0, 0.05) is 6.54 Å². The molecule has 0 fully saturated rings. The number of hydrogen-bond acceptors (Lipinski definition) is 2. The maximum atomic E-state index is 12.3. The molecule has 0 radical (unpaired) electrons. The molecule has 0 aromatic heterocycles. The van der Waals surface area contributed by atoms with Crippen LogP contribution >= 0.6 is 12.2 Å². The summed E-state index contributed by atoms with van der Waals surface area (Å²) in [5, 5.41) is 6.83.